The lowest BCUT2D eigenvalue weighted by Gasteiger charge is -2.34. The summed E-state index contributed by atoms with van der Waals surface area (Å²) in [5, 5.41) is 3.22. The molecule has 3 aromatic rings. The fourth-order valence-electron chi connectivity index (χ4n) is 4.63. The largest absolute Gasteiger partial charge is 0.457 e. The minimum absolute atomic E-state index is 0.0409. The fourth-order valence-corrected chi connectivity index (χ4v) is 4.63. The molecule has 1 atom stereocenters. The van der Waals surface area contributed by atoms with Crippen molar-refractivity contribution in [3.05, 3.63) is 95.3 Å². The second-order valence-corrected chi connectivity index (χ2v) is 8.60. The number of piperidine rings is 1. The second-order valence-electron chi connectivity index (χ2n) is 8.60. The topological polar surface area (TPSA) is 58.6 Å². The number of carbonyl (C=O) groups excluding carboxylic acids is 2. The molecular formula is C27H25FN2O3. The van der Waals surface area contributed by atoms with Crippen LogP contribution in [0.2, 0.25) is 0 Å². The van der Waals surface area contributed by atoms with Gasteiger partial charge in [0.15, 0.2) is 0 Å². The van der Waals surface area contributed by atoms with Crippen LogP contribution >= 0.6 is 0 Å². The van der Waals surface area contributed by atoms with Crippen molar-refractivity contribution in [2.45, 2.75) is 25.3 Å². The van der Waals surface area contributed by atoms with Crippen LogP contribution in [-0.4, -0.2) is 29.8 Å². The summed E-state index contributed by atoms with van der Waals surface area (Å²) < 4.78 is 19.2. The molecule has 0 spiro atoms. The summed E-state index contributed by atoms with van der Waals surface area (Å²) in [6.07, 6.45) is 1.71. The first-order valence-corrected chi connectivity index (χ1v) is 11.3. The first-order chi connectivity index (χ1) is 16.1. The zero-order valence-electron chi connectivity index (χ0n) is 18.2. The Labute approximate surface area is 192 Å². The molecule has 2 amide bonds. The number of fused-ring (bicyclic) bond motifs is 2. The van der Waals surface area contributed by atoms with Gasteiger partial charge in [0.05, 0.1) is 18.4 Å². The van der Waals surface area contributed by atoms with Crippen molar-refractivity contribution >= 4 is 11.8 Å². The van der Waals surface area contributed by atoms with E-state index in [1.54, 1.807) is 17.0 Å². The van der Waals surface area contributed by atoms with Crippen LogP contribution in [0.4, 0.5) is 4.39 Å². The Morgan fingerprint density at radius 2 is 1.58 bits per heavy atom. The first-order valence-electron chi connectivity index (χ1n) is 11.3. The van der Waals surface area contributed by atoms with Crippen molar-refractivity contribution in [3.63, 3.8) is 0 Å². The van der Waals surface area contributed by atoms with Crippen LogP contribution in [0.15, 0.2) is 72.8 Å². The normalized spacial score (nSPS) is 17.5. The third-order valence-corrected chi connectivity index (χ3v) is 6.38. The number of para-hydroxylation sites is 2. The number of hydrogen-bond donors (Lipinski definition) is 1. The van der Waals surface area contributed by atoms with E-state index in [1.165, 1.54) is 12.1 Å². The van der Waals surface area contributed by atoms with Gasteiger partial charge < -0.3 is 15.0 Å². The van der Waals surface area contributed by atoms with Gasteiger partial charge in [-0.05, 0) is 42.7 Å². The van der Waals surface area contributed by atoms with Gasteiger partial charge in [-0.25, -0.2) is 4.39 Å². The smallest absolute Gasteiger partial charge is 0.227 e. The average Bonchev–Trinajstić information content (AvgIpc) is 2.85. The molecule has 2 aliphatic rings. The van der Waals surface area contributed by atoms with E-state index in [2.05, 4.69) is 5.32 Å². The molecule has 0 bridgehead atoms. The van der Waals surface area contributed by atoms with Crippen LogP contribution in [0.5, 0.6) is 11.5 Å². The number of amides is 2. The highest BCUT2D eigenvalue weighted by Crippen LogP contribution is 2.42. The van der Waals surface area contributed by atoms with Crippen LogP contribution in [0.1, 0.15) is 35.6 Å². The van der Waals surface area contributed by atoms with Crippen molar-refractivity contribution < 1.29 is 18.7 Å². The Morgan fingerprint density at radius 1 is 0.939 bits per heavy atom. The van der Waals surface area contributed by atoms with Gasteiger partial charge in [-0.2, -0.15) is 0 Å². The lowest BCUT2D eigenvalue weighted by molar-refractivity contribution is -0.135. The number of nitrogens with one attached hydrogen (secondary N) is 1. The zero-order valence-corrected chi connectivity index (χ0v) is 18.2. The average molecular weight is 445 g/mol. The molecule has 0 aromatic heterocycles. The molecule has 1 N–H and O–H groups in total. The van der Waals surface area contributed by atoms with Crippen LogP contribution in [-0.2, 0) is 16.0 Å². The Bertz CT molecular complexity index is 1130. The lowest BCUT2D eigenvalue weighted by atomic mass is 9.92. The summed E-state index contributed by atoms with van der Waals surface area (Å²) >= 11 is 0. The molecule has 168 valence electrons. The predicted molar refractivity (Wildman–Crippen MR) is 122 cm³/mol. The van der Waals surface area contributed by atoms with Crippen LogP contribution in [0, 0.1) is 11.7 Å². The van der Waals surface area contributed by atoms with Gasteiger partial charge in [0, 0.05) is 24.2 Å². The number of carbonyl (C=O) groups is 2. The molecular weight excluding hydrogens is 419 g/mol. The summed E-state index contributed by atoms with van der Waals surface area (Å²) in [5.74, 6) is 0.768. The minimum Gasteiger partial charge on any atom is -0.457 e. The Morgan fingerprint density at radius 3 is 2.24 bits per heavy atom. The van der Waals surface area contributed by atoms with E-state index in [9.17, 15) is 14.0 Å². The highest BCUT2D eigenvalue weighted by molar-refractivity contribution is 5.83. The number of ether oxygens (including phenoxy) is 1. The maximum atomic E-state index is 13.3. The molecule has 0 aliphatic carbocycles. The zero-order chi connectivity index (χ0) is 22.8. The molecule has 0 radical (unpaired) electrons. The van der Waals surface area contributed by atoms with E-state index in [-0.39, 0.29) is 36.0 Å². The summed E-state index contributed by atoms with van der Waals surface area (Å²) in [6.45, 7) is 1.02. The van der Waals surface area contributed by atoms with Crippen LogP contribution in [0.25, 0.3) is 0 Å². The molecule has 2 aliphatic heterocycles. The van der Waals surface area contributed by atoms with Crippen molar-refractivity contribution in [1.82, 2.24) is 10.2 Å². The van der Waals surface area contributed by atoms with E-state index < -0.39 is 0 Å². The molecule has 33 heavy (non-hydrogen) atoms. The number of nitrogens with zero attached hydrogens (tertiary/aromatic N) is 1. The molecule has 5 rings (SSSR count). The van der Waals surface area contributed by atoms with Crippen LogP contribution in [0.3, 0.4) is 0 Å². The summed E-state index contributed by atoms with van der Waals surface area (Å²) in [6, 6.07) is 21.1. The minimum atomic E-state index is -0.322. The molecule has 0 saturated carbocycles. The summed E-state index contributed by atoms with van der Waals surface area (Å²) in [4.78, 5) is 27.9. The van der Waals surface area contributed by atoms with Crippen molar-refractivity contribution in [2.24, 2.45) is 5.92 Å². The van der Waals surface area contributed by atoms with Gasteiger partial charge in [0.1, 0.15) is 17.3 Å². The molecule has 1 unspecified atom stereocenters. The van der Waals surface area contributed by atoms with Crippen molar-refractivity contribution in [2.75, 3.05) is 13.1 Å². The number of hydrogen-bond acceptors (Lipinski definition) is 3. The summed E-state index contributed by atoms with van der Waals surface area (Å²) in [7, 11) is 0. The van der Waals surface area contributed by atoms with Gasteiger partial charge >= 0.3 is 0 Å². The van der Waals surface area contributed by atoms with E-state index in [4.69, 9.17) is 4.74 Å². The third-order valence-electron chi connectivity index (χ3n) is 6.38. The summed E-state index contributed by atoms with van der Waals surface area (Å²) in [5.41, 5.74) is 2.61. The van der Waals surface area contributed by atoms with E-state index in [0.717, 1.165) is 41.0 Å². The molecule has 2 heterocycles. The Kier molecular flexibility index (Phi) is 5.82. The van der Waals surface area contributed by atoms with E-state index in [0.29, 0.717) is 13.1 Å². The standard InChI is InChI=1S/C27H25FN2O3/c28-20-13-11-18(12-14-20)16-25(31)30-15-5-6-19(17-30)27(32)29-26-21-7-1-3-9-23(21)33-24-10-4-2-8-22(24)26/h1-4,7-14,19,26H,5-6,15-17H2,(H,29,32). The van der Waals surface area contributed by atoms with Crippen LogP contribution < -0.4 is 10.1 Å². The second kappa shape index (κ2) is 9.06. The molecule has 5 nitrogen and oxygen atoms in total. The highest BCUT2D eigenvalue weighted by Gasteiger charge is 2.33. The number of halogens is 1. The van der Waals surface area contributed by atoms with E-state index >= 15 is 0 Å². The maximum Gasteiger partial charge on any atom is 0.227 e. The fraction of sp³-hybridized carbons (Fsp3) is 0.259. The third kappa shape index (κ3) is 4.46. The highest BCUT2D eigenvalue weighted by atomic mass is 19.1. The number of benzene rings is 3. The molecule has 6 heteroatoms. The van der Waals surface area contributed by atoms with Crippen molar-refractivity contribution in [3.8, 4) is 11.5 Å². The SMILES string of the molecule is O=C(NC1c2ccccc2Oc2ccccc21)C1CCCN(C(=O)Cc2ccc(F)cc2)C1. The van der Waals surface area contributed by atoms with Gasteiger partial charge in [0.25, 0.3) is 0 Å². The number of likely N-dealkylation sites (tertiary alicyclic amines) is 1. The molecule has 1 fully saturated rings. The van der Waals surface area contributed by atoms with Crippen molar-refractivity contribution in [1.29, 1.82) is 0 Å². The van der Waals surface area contributed by atoms with Gasteiger partial charge in [-0.15, -0.1) is 0 Å². The van der Waals surface area contributed by atoms with Gasteiger partial charge in [0.2, 0.25) is 11.8 Å². The molecule has 3 aromatic carbocycles. The maximum absolute atomic E-state index is 13.3. The number of rotatable bonds is 4. The Hall–Kier alpha value is -3.67. The first kappa shape index (κ1) is 21.2. The monoisotopic (exact) mass is 444 g/mol. The van der Waals surface area contributed by atoms with Gasteiger partial charge in [-0.1, -0.05) is 48.5 Å². The molecule has 1 saturated heterocycles. The lowest BCUT2D eigenvalue weighted by Crippen LogP contribution is -2.46. The predicted octanol–water partition coefficient (Wildman–Crippen LogP) is 4.62. The Balaban J connectivity index is 1.29. The van der Waals surface area contributed by atoms with E-state index in [1.807, 2.05) is 48.5 Å². The quantitative estimate of drug-likeness (QED) is 0.639. The van der Waals surface area contributed by atoms with Gasteiger partial charge in [-0.3, -0.25) is 9.59 Å².